The Labute approximate surface area is 251 Å². The smallest absolute Gasteiger partial charge is 0.433 e. The Hall–Kier alpha value is -4.89. The monoisotopic (exact) mass is 633 g/mol. The van der Waals surface area contributed by atoms with Crippen molar-refractivity contribution >= 4 is 29.0 Å². The minimum atomic E-state index is -4.82. The molecule has 0 radical (unpaired) electrons. The van der Waals surface area contributed by atoms with Crippen LogP contribution in [0.2, 0.25) is 0 Å². The van der Waals surface area contributed by atoms with Gasteiger partial charge in [0.25, 0.3) is 5.91 Å². The summed E-state index contributed by atoms with van der Waals surface area (Å²) in [5.41, 5.74) is 4.10. The number of nitrogens with two attached hydrogens (primary N) is 1. The maximum Gasteiger partial charge on any atom is 0.433 e. The number of alkyl halides is 6. The molecule has 6 rings (SSSR count). The van der Waals surface area contributed by atoms with Crippen LogP contribution in [0, 0.1) is 0 Å². The van der Waals surface area contributed by atoms with Gasteiger partial charge in [0.1, 0.15) is 40.1 Å². The van der Waals surface area contributed by atoms with E-state index in [1.807, 2.05) is 0 Å². The molecule has 10 nitrogen and oxygen atoms in total. The summed E-state index contributed by atoms with van der Waals surface area (Å²) in [7, 11) is 1.27. The Morgan fingerprint density at radius 2 is 1.82 bits per heavy atom. The number of rotatable bonds is 5. The third kappa shape index (κ3) is 5.48. The number of hydrogen-bond acceptors (Lipinski definition) is 7. The van der Waals surface area contributed by atoms with Gasteiger partial charge in [0.05, 0.1) is 18.9 Å². The fraction of sp³-hybridized carbons (Fsp3) is 0.345. The van der Waals surface area contributed by atoms with Gasteiger partial charge in [0.15, 0.2) is 0 Å². The molecule has 2 aliphatic rings. The Balaban J connectivity index is 1.42. The first-order chi connectivity index (χ1) is 21.3. The van der Waals surface area contributed by atoms with E-state index in [0.29, 0.717) is 37.9 Å². The number of ether oxygens (including phenoxy) is 1. The van der Waals surface area contributed by atoms with Crippen molar-refractivity contribution in [2.24, 2.45) is 0 Å². The Kier molecular flexibility index (Phi) is 7.32. The molecule has 3 aromatic heterocycles. The normalized spacial score (nSPS) is 18.7. The van der Waals surface area contributed by atoms with Gasteiger partial charge in [-0.3, -0.25) is 14.0 Å². The van der Waals surface area contributed by atoms with Crippen molar-refractivity contribution in [1.29, 1.82) is 0 Å². The Bertz CT molecular complexity index is 1820. The zero-order chi connectivity index (χ0) is 32.3. The lowest BCUT2D eigenvalue weighted by molar-refractivity contribution is -0.142. The zero-order valence-corrected chi connectivity index (χ0v) is 23.5. The van der Waals surface area contributed by atoms with Crippen LogP contribution in [0.4, 0.5) is 38.0 Å². The third-order valence-electron chi connectivity index (χ3n) is 8.13. The van der Waals surface area contributed by atoms with Crippen molar-refractivity contribution in [2.75, 3.05) is 24.7 Å². The number of carbonyl (C=O) groups is 2. The fourth-order valence-electron chi connectivity index (χ4n) is 6.00. The van der Waals surface area contributed by atoms with Crippen LogP contribution in [0.15, 0.2) is 42.7 Å². The summed E-state index contributed by atoms with van der Waals surface area (Å²) in [4.78, 5) is 39.3. The molecule has 2 atom stereocenters. The second-order valence-electron chi connectivity index (χ2n) is 10.8. The van der Waals surface area contributed by atoms with Gasteiger partial charge in [0, 0.05) is 42.2 Å². The molecule has 5 heterocycles. The van der Waals surface area contributed by atoms with Gasteiger partial charge < -0.3 is 20.7 Å². The van der Waals surface area contributed by atoms with Crippen molar-refractivity contribution in [1.82, 2.24) is 24.3 Å². The summed E-state index contributed by atoms with van der Waals surface area (Å²) in [6.45, 7) is 0.196. The van der Waals surface area contributed by atoms with Crippen LogP contribution >= 0.6 is 0 Å². The second-order valence-corrected chi connectivity index (χ2v) is 10.8. The molecule has 2 aliphatic heterocycles. The molecule has 0 aliphatic carbocycles. The largest absolute Gasteiger partial charge is 0.496 e. The highest BCUT2D eigenvalue weighted by Gasteiger charge is 2.41. The van der Waals surface area contributed by atoms with Gasteiger partial charge in [-0.2, -0.15) is 26.3 Å². The average molecular weight is 634 g/mol. The number of nitrogens with one attached hydrogen (secondary N) is 1. The first kappa shape index (κ1) is 30.1. The number of carbonyl (C=O) groups excluding carboxylic acids is 2. The van der Waals surface area contributed by atoms with Crippen LogP contribution in [-0.2, 0) is 17.1 Å². The highest BCUT2D eigenvalue weighted by Crippen LogP contribution is 2.43. The molecule has 0 saturated carbocycles. The molecular formula is C29H25F6N7O3. The van der Waals surface area contributed by atoms with Crippen LogP contribution in [0.1, 0.15) is 59.0 Å². The topological polar surface area (TPSA) is 128 Å². The quantitative estimate of drug-likeness (QED) is 0.276. The van der Waals surface area contributed by atoms with Gasteiger partial charge in [-0.05, 0) is 49.6 Å². The molecule has 3 N–H and O–H groups in total. The van der Waals surface area contributed by atoms with E-state index in [2.05, 4.69) is 20.3 Å². The Morgan fingerprint density at radius 3 is 2.53 bits per heavy atom. The summed E-state index contributed by atoms with van der Waals surface area (Å²) in [6.07, 6.45) is -5.74. The van der Waals surface area contributed by atoms with Crippen LogP contribution in [0.25, 0.3) is 16.8 Å². The van der Waals surface area contributed by atoms with Gasteiger partial charge in [-0.15, -0.1) is 0 Å². The number of piperidine rings is 1. The predicted octanol–water partition coefficient (Wildman–Crippen LogP) is 5.54. The maximum absolute atomic E-state index is 14.3. The Morgan fingerprint density at radius 1 is 1.04 bits per heavy atom. The van der Waals surface area contributed by atoms with Gasteiger partial charge >= 0.3 is 12.4 Å². The highest BCUT2D eigenvalue weighted by molar-refractivity contribution is 6.04. The average Bonchev–Trinajstić information content (AvgIpc) is 3.57. The predicted molar refractivity (Wildman–Crippen MR) is 148 cm³/mol. The van der Waals surface area contributed by atoms with E-state index in [9.17, 15) is 35.9 Å². The van der Waals surface area contributed by atoms with Gasteiger partial charge in [-0.1, -0.05) is 0 Å². The minimum Gasteiger partial charge on any atom is -0.496 e. The van der Waals surface area contributed by atoms with E-state index in [0.717, 1.165) is 16.7 Å². The number of anilines is 2. The van der Waals surface area contributed by atoms with E-state index in [1.54, 1.807) is 4.90 Å². The van der Waals surface area contributed by atoms with E-state index in [-0.39, 0.29) is 64.0 Å². The number of nitrogens with zero attached hydrogens (tertiary/aromatic N) is 5. The highest BCUT2D eigenvalue weighted by atomic mass is 19.4. The molecule has 16 heteroatoms. The molecule has 0 spiro atoms. The van der Waals surface area contributed by atoms with E-state index in [4.69, 9.17) is 10.5 Å². The summed E-state index contributed by atoms with van der Waals surface area (Å²) < 4.78 is 88.7. The van der Waals surface area contributed by atoms with Crippen molar-refractivity contribution in [2.45, 2.75) is 50.0 Å². The van der Waals surface area contributed by atoms with Crippen molar-refractivity contribution < 1.29 is 40.7 Å². The lowest BCUT2D eigenvalue weighted by Gasteiger charge is -2.34. The molecule has 236 valence electrons. The SMILES string of the molecule is COc1cc(C(=O)Nc2cc(C(F)(F)F)ccn2)ccc1-c1nc(C2CCC3CCC(=O)N3C2)n2c(C(F)(F)F)cnc(N)c12. The summed E-state index contributed by atoms with van der Waals surface area (Å²) >= 11 is 0. The molecule has 0 bridgehead atoms. The molecule has 2 amide bonds. The molecule has 1 aromatic carbocycles. The summed E-state index contributed by atoms with van der Waals surface area (Å²) in [5.74, 6) is -1.90. The second kappa shape index (κ2) is 10.9. The van der Waals surface area contributed by atoms with Crippen molar-refractivity contribution in [3.63, 3.8) is 0 Å². The fourth-order valence-corrected chi connectivity index (χ4v) is 6.00. The molecular weight excluding hydrogens is 608 g/mol. The molecule has 45 heavy (non-hydrogen) atoms. The lowest BCUT2D eigenvalue weighted by Crippen LogP contribution is -2.41. The zero-order valence-electron chi connectivity index (χ0n) is 23.5. The lowest BCUT2D eigenvalue weighted by atomic mass is 9.92. The number of halogens is 6. The van der Waals surface area contributed by atoms with Crippen LogP contribution < -0.4 is 15.8 Å². The standard InChI is InChI=1S/C29H25F6N7O3/c1-45-19-10-14(27(44)39-21-11-16(8-9-37-21)28(30,31)32)3-6-18(19)23-24-25(36)38-12-20(29(33,34)35)42(24)26(40-23)15-2-4-17-5-7-22(43)41(17)13-15/h3,6,8-12,15,17H,2,4-5,7,13H2,1H3,(H2,36,38)(H,37,39,44). The first-order valence-electron chi connectivity index (χ1n) is 13.8. The number of nitrogen functional groups attached to an aromatic ring is 1. The number of aromatic nitrogens is 4. The first-order valence-corrected chi connectivity index (χ1v) is 13.8. The number of hydrogen-bond donors (Lipinski definition) is 2. The molecule has 4 aromatic rings. The van der Waals surface area contributed by atoms with Crippen molar-refractivity contribution in [3.8, 4) is 17.0 Å². The van der Waals surface area contributed by atoms with Gasteiger partial charge in [-0.25, -0.2) is 15.0 Å². The number of fused-ring (bicyclic) bond motifs is 2. The summed E-state index contributed by atoms with van der Waals surface area (Å²) in [5, 5.41) is 2.30. The van der Waals surface area contributed by atoms with Gasteiger partial charge in [0.2, 0.25) is 5.91 Å². The number of pyridine rings is 1. The van der Waals surface area contributed by atoms with E-state index < -0.39 is 35.4 Å². The minimum absolute atomic E-state index is 0.0133. The summed E-state index contributed by atoms with van der Waals surface area (Å²) in [6, 6.07) is 5.46. The number of benzene rings is 1. The van der Waals surface area contributed by atoms with Crippen LogP contribution in [0.5, 0.6) is 5.75 Å². The third-order valence-corrected chi connectivity index (χ3v) is 8.13. The number of imidazole rings is 1. The molecule has 2 unspecified atom stereocenters. The van der Waals surface area contributed by atoms with Crippen molar-refractivity contribution in [3.05, 3.63) is 65.4 Å². The number of amides is 2. The molecule has 2 fully saturated rings. The number of methoxy groups -OCH3 is 1. The van der Waals surface area contributed by atoms with E-state index in [1.165, 1.54) is 25.3 Å². The van der Waals surface area contributed by atoms with Crippen LogP contribution in [0.3, 0.4) is 0 Å². The van der Waals surface area contributed by atoms with E-state index >= 15 is 0 Å². The molecule has 2 saturated heterocycles. The van der Waals surface area contributed by atoms with Crippen LogP contribution in [-0.4, -0.2) is 55.8 Å². The maximum atomic E-state index is 14.3.